The Balaban J connectivity index is 1.00. The average Bonchev–Trinajstić information content (AvgIpc) is 0.931. The normalized spacial score (nSPS) is 12.3. The van der Waals surface area contributed by atoms with E-state index in [-0.39, 0.29) is 6.71 Å². The maximum Gasteiger partial charge on any atom is 0.252 e. The molecule has 0 aliphatic carbocycles. The minimum absolute atomic E-state index is 0.245. The van der Waals surface area contributed by atoms with Crippen molar-refractivity contribution in [2.24, 2.45) is 0 Å². The van der Waals surface area contributed by atoms with Gasteiger partial charge in [0, 0.05) is 61.2 Å². The van der Waals surface area contributed by atoms with Crippen molar-refractivity contribution in [3.63, 3.8) is 0 Å². The molecule has 0 unspecified atom stereocenters. The molecule has 2 aliphatic heterocycles. The highest BCUT2D eigenvalue weighted by atomic mass is 15.2. The van der Waals surface area contributed by atoms with E-state index in [1.54, 1.807) is 0 Å². The molecular weight excluding hydrogens is 1160 g/mol. The third-order valence-electron chi connectivity index (χ3n) is 20.1. The molecule has 2 aliphatic rings. The lowest BCUT2D eigenvalue weighted by Crippen LogP contribution is -2.61. The molecule has 0 spiro atoms. The number of hydrogen-bond donors (Lipinski definition) is 0. The molecule has 17 aromatic rings. The Bertz CT molecular complexity index is 5530. The van der Waals surface area contributed by atoms with Crippen molar-refractivity contribution >= 4 is 101 Å². The SMILES string of the molecule is c1ccc(-c2ccc3c(c2)B2c4cc(-c5ccccc5)ccc4N(c4c(-c5ccccc5)cccc4-c4ccccc4)c4cc(-n5c6ccc(-c7ccc8ccccc8c7)cc6c6ccc7ccccc7c65)cc(c42)N3c2c(-c3ccccc3)cccc2-c2ccccc2)cc1. The Labute approximate surface area is 559 Å². The Morgan fingerprint density at radius 1 is 0.219 bits per heavy atom. The minimum Gasteiger partial charge on any atom is -0.310 e. The summed E-state index contributed by atoms with van der Waals surface area (Å²) in [6, 6.07) is 136. The molecule has 0 atom stereocenters. The van der Waals surface area contributed by atoms with Gasteiger partial charge >= 0.3 is 0 Å². The van der Waals surface area contributed by atoms with Crippen LogP contribution in [0, 0.1) is 0 Å². The number of nitrogens with zero attached hydrogens (tertiary/aromatic N) is 3. The molecule has 16 aromatic carbocycles. The lowest BCUT2D eigenvalue weighted by molar-refractivity contribution is 1.16. The van der Waals surface area contributed by atoms with E-state index < -0.39 is 0 Å². The first-order chi connectivity index (χ1) is 47.6. The fourth-order valence-electron chi connectivity index (χ4n) is 15.8. The fraction of sp³-hybridized carbons (Fsp3) is 0. The molecule has 446 valence electrons. The molecule has 96 heavy (non-hydrogen) atoms. The highest BCUT2D eigenvalue weighted by Gasteiger charge is 2.46. The maximum atomic E-state index is 2.67. The second-order valence-electron chi connectivity index (χ2n) is 25.5. The molecule has 4 heteroatoms. The first-order valence-corrected chi connectivity index (χ1v) is 33.3. The van der Waals surface area contributed by atoms with E-state index >= 15 is 0 Å². The van der Waals surface area contributed by atoms with Gasteiger partial charge in [-0.15, -0.1) is 0 Å². The molecule has 0 N–H and O–H groups in total. The quantitative estimate of drug-likeness (QED) is 0.126. The number of fused-ring (bicyclic) bond motifs is 10. The van der Waals surface area contributed by atoms with E-state index in [4.69, 9.17) is 0 Å². The molecule has 3 heterocycles. The zero-order valence-corrected chi connectivity index (χ0v) is 52.6. The molecule has 0 radical (unpaired) electrons. The van der Waals surface area contributed by atoms with E-state index in [1.165, 1.54) is 82.1 Å². The summed E-state index contributed by atoms with van der Waals surface area (Å²) in [6.07, 6.45) is 0. The Kier molecular flexibility index (Phi) is 13.0. The third-order valence-corrected chi connectivity index (χ3v) is 20.1. The Hall–Kier alpha value is -12.5. The van der Waals surface area contributed by atoms with Crippen molar-refractivity contribution in [1.29, 1.82) is 0 Å². The summed E-state index contributed by atoms with van der Waals surface area (Å²) >= 11 is 0. The van der Waals surface area contributed by atoms with Gasteiger partial charge in [-0.25, -0.2) is 0 Å². The summed E-state index contributed by atoms with van der Waals surface area (Å²) in [7, 11) is 0. The minimum atomic E-state index is -0.245. The van der Waals surface area contributed by atoms with Crippen LogP contribution < -0.4 is 26.2 Å². The van der Waals surface area contributed by atoms with E-state index in [1.807, 2.05) is 0 Å². The number of aromatic nitrogens is 1. The van der Waals surface area contributed by atoms with Gasteiger partial charge in [0.2, 0.25) is 0 Å². The summed E-state index contributed by atoms with van der Waals surface area (Å²) in [6.45, 7) is -0.245. The van der Waals surface area contributed by atoms with Gasteiger partial charge in [0.1, 0.15) is 0 Å². The van der Waals surface area contributed by atoms with Crippen LogP contribution in [-0.2, 0) is 0 Å². The van der Waals surface area contributed by atoms with Crippen LogP contribution in [-0.4, -0.2) is 11.3 Å². The van der Waals surface area contributed by atoms with Crippen LogP contribution in [0.15, 0.2) is 364 Å². The van der Waals surface area contributed by atoms with Gasteiger partial charge in [-0.05, 0) is 131 Å². The van der Waals surface area contributed by atoms with Crippen LogP contribution >= 0.6 is 0 Å². The molecule has 19 rings (SSSR count). The molecule has 1 aromatic heterocycles. The number of para-hydroxylation sites is 2. The van der Waals surface area contributed by atoms with E-state index in [0.29, 0.717) is 0 Å². The van der Waals surface area contributed by atoms with E-state index in [9.17, 15) is 0 Å². The smallest absolute Gasteiger partial charge is 0.252 e. The fourth-order valence-corrected chi connectivity index (χ4v) is 15.8. The first kappa shape index (κ1) is 55.2. The summed E-state index contributed by atoms with van der Waals surface area (Å²) in [5.74, 6) is 0. The van der Waals surface area contributed by atoms with Gasteiger partial charge in [0.15, 0.2) is 0 Å². The topological polar surface area (TPSA) is 11.4 Å². The number of rotatable bonds is 10. The van der Waals surface area contributed by atoms with Crippen LogP contribution in [0.5, 0.6) is 0 Å². The van der Waals surface area contributed by atoms with Gasteiger partial charge in [0.05, 0.1) is 28.1 Å². The average molecular weight is 1220 g/mol. The van der Waals surface area contributed by atoms with Gasteiger partial charge in [0.25, 0.3) is 6.71 Å². The largest absolute Gasteiger partial charge is 0.310 e. The molecule has 0 saturated carbocycles. The molecule has 0 saturated heterocycles. The second-order valence-corrected chi connectivity index (χ2v) is 25.5. The van der Waals surface area contributed by atoms with Crippen molar-refractivity contribution in [1.82, 2.24) is 4.57 Å². The first-order valence-electron chi connectivity index (χ1n) is 33.3. The predicted molar refractivity (Wildman–Crippen MR) is 408 cm³/mol. The zero-order valence-electron chi connectivity index (χ0n) is 52.6. The van der Waals surface area contributed by atoms with Crippen molar-refractivity contribution < 1.29 is 0 Å². The van der Waals surface area contributed by atoms with Crippen LogP contribution in [0.3, 0.4) is 0 Å². The standard InChI is InChI=1S/C92H60BN3/c1-7-25-61(26-8-1)72-49-53-85-82(57-72)93-83-58-73(62-27-9-2-10-28-62)50-54-86(83)96(91-78(66-34-15-5-16-35-66)43-24-44-79(91)67-36-17-6-18-37-67)88-60-74(59-87(89(88)93)95(85)90-76(64-30-11-3-12-31-64)41-23-42-77(90)65-32-13-4-14-33-65)94-84-52-48-71(70-46-45-63-29-19-20-39-69(63)55-70)56-81(84)80-51-47-68-38-21-22-40-75(68)92(80)94/h1-60H. The lowest BCUT2D eigenvalue weighted by atomic mass is 9.33. The molecule has 0 bridgehead atoms. The Morgan fingerprint density at radius 2 is 0.604 bits per heavy atom. The van der Waals surface area contributed by atoms with Gasteiger partial charge in [-0.3, -0.25) is 0 Å². The lowest BCUT2D eigenvalue weighted by Gasteiger charge is -2.46. The van der Waals surface area contributed by atoms with Crippen LogP contribution in [0.25, 0.3) is 127 Å². The van der Waals surface area contributed by atoms with Gasteiger partial charge in [-0.1, -0.05) is 322 Å². The summed E-state index contributed by atoms with van der Waals surface area (Å²) in [5.41, 5.74) is 29.9. The van der Waals surface area contributed by atoms with Gasteiger partial charge in [-0.2, -0.15) is 0 Å². The van der Waals surface area contributed by atoms with Crippen molar-refractivity contribution in [2.75, 3.05) is 9.80 Å². The summed E-state index contributed by atoms with van der Waals surface area (Å²) in [5, 5.41) is 7.22. The third kappa shape index (κ3) is 8.98. The monoisotopic (exact) mass is 1220 g/mol. The number of benzene rings is 16. The Morgan fingerprint density at radius 3 is 1.09 bits per heavy atom. The molecule has 0 fully saturated rings. The summed E-state index contributed by atoms with van der Waals surface area (Å²) < 4.78 is 2.60. The van der Waals surface area contributed by atoms with E-state index in [0.717, 1.165) is 95.4 Å². The van der Waals surface area contributed by atoms with Crippen molar-refractivity contribution in [2.45, 2.75) is 0 Å². The van der Waals surface area contributed by atoms with Crippen LogP contribution in [0.2, 0.25) is 0 Å². The van der Waals surface area contributed by atoms with Crippen LogP contribution in [0.4, 0.5) is 34.1 Å². The highest BCUT2D eigenvalue weighted by Crippen LogP contribution is 2.54. The van der Waals surface area contributed by atoms with Crippen LogP contribution in [0.1, 0.15) is 0 Å². The highest BCUT2D eigenvalue weighted by molar-refractivity contribution is 7.00. The van der Waals surface area contributed by atoms with E-state index in [2.05, 4.69) is 378 Å². The van der Waals surface area contributed by atoms with Crippen molar-refractivity contribution in [3.8, 4) is 83.6 Å². The predicted octanol–water partition coefficient (Wildman–Crippen LogP) is 22.8. The van der Waals surface area contributed by atoms with Crippen molar-refractivity contribution in [3.05, 3.63) is 364 Å². The number of hydrogen-bond acceptors (Lipinski definition) is 2. The molecule has 3 nitrogen and oxygen atoms in total. The number of anilines is 6. The second kappa shape index (κ2) is 22.7. The molecular formula is C92H60BN3. The van der Waals surface area contributed by atoms with Gasteiger partial charge < -0.3 is 14.4 Å². The maximum absolute atomic E-state index is 2.67. The molecule has 0 amide bonds. The summed E-state index contributed by atoms with van der Waals surface area (Å²) in [4.78, 5) is 5.34. The zero-order chi connectivity index (χ0) is 63.2.